The van der Waals surface area contributed by atoms with Crippen molar-refractivity contribution in [3.8, 4) is 0 Å². The Morgan fingerprint density at radius 2 is 2.00 bits per heavy atom. The highest BCUT2D eigenvalue weighted by atomic mass is 16.5. The fourth-order valence-corrected chi connectivity index (χ4v) is 1.02. The van der Waals surface area contributed by atoms with Crippen molar-refractivity contribution >= 4 is 0 Å². The number of aliphatic hydroxyl groups is 1. The van der Waals surface area contributed by atoms with Crippen molar-refractivity contribution in [3.05, 3.63) is 12.7 Å². The fourth-order valence-electron chi connectivity index (χ4n) is 1.02. The third kappa shape index (κ3) is 4.44. The molecular weight excluding hydrogens is 164 g/mol. The van der Waals surface area contributed by atoms with Gasteiger partial charge in [-0.3, -0.25) is 0 Å². The molecule has 0 aromatic carbocycles. The van der Waals surface area contributed by atoms with Gasteiger partial charge in [0, 0.05) is 7.11 Å². The topological polar surface area (TPSA) is 29.5 Å². The third-order valence-electron chi connectivity index (χ3n) is 2.63. The Bertz CT molecular complexity index is 152. The van der Waals surface area contributed by atoms with Crippen molar-refractivity contribution in [2.75, 3.05) is 7.11 Å². The molecule has 0 radical (unpaired) electrons. The minimum atomic E-state index is -0.444. The summed E-state index contributed by atoms with van der Waals surface area (Å²) >= 11 is 0. The van der Waals surface area contributed by atoms with Gasteiger partial charge in [-0.2, -0.15) is 0 Å². The molecule has 0 saturated carbocycles. The van der Waals surface area contributed by atoms with Crippen LogP contribution in [0.3, 0.4) is 0 Å². The van der Waals surface area contributed by atoms with Crippen LogP contribution in [0.1, 0.15) is 33.6 Å². The van der Waals surface area contributed by atoms with Gasteiger partial charge in [-0.25, -0.2) is 0 Å². The summed E-state index contributed by atoms with van der Waals surface area (Å²) in [6, 6.07) is 0. The summed E-state index contributed by atoms with van der Waals surface area (Å²) in [5.74, 6) is 0.460. The molecule has 13 heavy (non-hydrogen) atoms. The van der Waals surface area contributed by atoms with E-state index < -0.39 is 11.7 Å². The van der Waals surface area contributed by atoms with E-state index in [1.54, 1.807) is 7.11 Å². The van der Waals surface area contributed by atoms with Gasteiger partial charge in [0.05, 0.1) is 11.7 Å². The van der Waals surface area contributed by atoms with Crippen LogP contribution in [0.2, 0.25) is 0 Å². The summed E-state index contributed by atoms with van der Waals surface area (Å²) in [4.78, 5) is 0. The maximum Gasteiger partial charge on any atom is 0.0880 e. The fraction of sp³-hybridized carbons (Fsp3) is 0.818. The second-order valence-electron chi connectivity index (χ2n) is 4.11. The maximum atomic E-state index is 9.76. The molecule has 1 N–H and O–H groups in total. The normalized spacial score (nSPS) is 16.7. The van der Waals surface area contributed by atoms with E-state index in [0.717, 1.165) is 12.8 Å². The average molecular weight is 186 g/mol. The first kappa shape index (κ1) is 12.7. The number of rotatable bonds is 6. The molecule has 0 bridgehead atoms. The smallest absolute Gasteiger partial charge is 0.0880 e. The Morgan fingerprint density at radius 1 is 1.46 bits per heavy atom. The van der Waals surface area contributed by atoms with E-state index in [4.69, 9.17) is 4.74 Å². The summed E-state index contributed by atoms with van der Waals surface area (Å²) < 4.78 is 5.19. The van der Waals surface area contributed by atoms with Gasteiger partial charge in [-0.15, -0.1) is 6.58 Å². The lowest BCUT2D eigenvalue weighted by Crippen LogP contribution is -2.38. The van der Waals surface area contributed by atoms with Crippen LogP contribution >= 0.6 is 0 Å². The van der Waals surface area contributed by atoms with Crippen LogP contribution in [0.25, 0.3) is 0 Å². The minimum Gasteiger partial charge on any atom is -0.390 e. The Hall–Kier alpha value is -0.340. The molecule has 0 heterocycles. The van der Waals surface area contributed by atoms with Gasteiger partial charge in [0.1, 0.15) is 0 Å². The number of methoxy groups -OCH3 is 1. The van der Waals surface area contributed by atoms with Crippen LogP contribution in [0.15, 0.2) is 12.7 Å². The van der Waals surface area contributed by atoms with Gasteiger partial charge < -0.3 is 9.84 Å². The second kappa shape index (κ2) is 5.40. The van der Waals surface area contributed by atoms with Gasteiger partial charge in [0.25, 0.3) is 0 Å². The number of hydrogen-bond acceptors (Lipinski definition) is 2. The standard InChI is InChI=1S/C11H22O2/c1-6-9(2)7-8-10(12)11(3,4)13-5/h6,9-10,12H,1,7-8H2,2-5H3. The lowest BCUT2D eigenvalue weighted by Gasteiger charge is -2.29. The van der Waals surface area contributed by atoms with Crippen LogP contribution in [-0.4, -0.2) is 23.9 Å². The Kier molecular flexibility index (Phi) is 5.26. The van der Waals surface area contributed by atoms with E-state index >= 15 is 0 Å². The van der Waals surface area contributed by atoms with Gasteiger partial charge in [0.2, 0.25) is 0 Å². The highest BCUT2D eigenvalue weighted by Crippen LogP contribution is 2.20. The van der Waals surface area contributed by atoms with Crippen molar-refractivity contribution in [1.82, 2.24) is 0 Å². The number of ether oxygens (including phenoxy) is 1. The summed E-state index contributed by atoms with van der Waals surface area (Å²) in [5, 5.41) is 9.76. The average Bonchev–Trinajstić information content (AvgIpc) is 2.13. The molecule has 0 amide bonds. The highest BCUT2D eigenvalue weighted by Gasteiger charge is 2.26. The van der Waals surface area contributed by atoms with Gasteiger partial charge in [0.15, 0.2) is 0 Å². The van der Waals surface area contributed by atoms with Crippen LogP contribution in [0, 0.1) is 5.92 Å². The molecule has 2 atom stereocenters. The SMILES string of the molecule is C=CC(C)CCC(O)C(C)(C)OC. The van der Waals surface area contributed by atoms with Crippen molar-refractivity contribution in [3.63, 3.8) is 0 Å². The zero-order valence-corrected chi connectivity index (χ0v) is 9.21. The van der Waals surface area contributed by atoms with E-state index in [1.807, 2.05) is 19.9 Å². The molecule has 78 valence electrons. The Labute approximate surface area is 81.6 Å². The molecule has 0 saturated heterocycles. The molecule has 0 aromatic heterocycles. The number of allylic oxidation sites excluding steroid dienone is 1. The third-order valence-corrected chi connectivity index (χ3v) is 2.63. The first-order chi connectivity index (χ1) is 5.94. The molecule has 0 fully saturated rings. The minimum absolute atomic E-state index is 0.403. The molecule has 0 spiro atoms. The zero-order chi connectivity index (χ0) is 10.5. The largest absolute Gasteiger partial charge is 0.390 e. The van der Waals surface area contributed by atoms with Crippen molar-refractivity contribution in [2.45, 2.75) is 45.3 Å². The maximum absolute atomic E-state index is 9.76. The zero-order valence-electron chi connectivity index (χ0n) is 9.21. The number of hydrogen-bond donors (Lipinski definition) is 1. The van der Waals surface area contributed by atoms with Gasteiger partial charge >= 0.3 is 0 Å². The quantitative estimate of drug-likeness (QED) is 0.645. The molecule has 2 heteroatoms. The summed E-state index contributed by atoms with van der Waals surface area (Å²) in [5.41, 5.74) is -0.444. The lowest BCUT2D eigenvalue weighted by atomic mass is 9.94. The second-order valence-corrected chi connectivity index (χ2v) is 4.11. The van der Waals surface area contributed by atoms with E-state index in [2.05, 4.69) is 13.5 Å². The molecule has 0 aliphatic carbocycles. The van der Waals surface area contributed by atoms with Crippen molar-refractivity contribution < 1.29 is 9.84 Å². The molecule has 2 nitrogen and oxygen atoms in total. The van der Waals surface area contributed by atoms with Crippen molar-refractivity contribution in [2.24, 2.45) is 5.92 Å². The Morgan fingerprint density at radius 3 is 2.38 bits per heavy atom. The van der Waals surface area contributed by atoms with Crippen LogP contribution in [-0.2, 0) is 4.74 Å². The predicted molar refractivity (Wildman–Crippen MR) is 55.7 cm³/mol. The first-order valence-corrected chi connectivity index (χ1v) is 4.79. The summed E-state index contributed by atoms with van der Waals surface area (Å²) in [6.07, 6.45) is 3.22. The first-order valence-electron chi connectivity index (χ1n) is 4.79. The monoisotopic (exact) mass is 186 g/mol. The van der Waals surface area contributed by atoms with E-state index in [-0.39, 0.29) is 0 Å². The predicted octanol–water partition coefficient (Wildman–Crippen LogP) is 2.37. The van der Waals surface area contributed by atoms with Gasteiger partial charge in [-0.1, -0.05) is 13.0 Å². The molecule has 0 aliphatic rings. The van der Waals surface area contributed by atoms with Gasteiger partial charge in [-0.05, 0) is 32.6 Å². The van der Waals surface area contributed by atoms with Crippen LogP contribution in [0.5, 0.6) is 0 Å². The molecule has 0 rings (SSSR count). The highest BCUT2D eigenvalue weighted by molar-refractivity contribution is 4.81. The molecular formula is C11H22O2. The van der Waals surface area contributed by atoms with Crippen LogP contribution in [0.4, 0.5) is 0 Å². The number of aliphatic hydroxyl groups excluding tert-OH is 1. The summed E-state index contributed by atoms with van der Waals surface area (Å²) in [7, 11) is 1.63. The van der Waals surface area contributed by atoms with E-state index in [1.165, 1.54) is 0 Å². The molecule has 2 unspecified atom stereocenters. The summed E-state index contributed by atoms with van der Waals surface area (Å²) in [6.45, 7) is 9.60. The van der Waals surface area contributed by atoms with E-state index in [9.17, 15) is 5.11 Å². The molecule has 0 aromatic rings. The lowest BCUT2D eigenvalue weighted by molar-refractivity contribution is -0.0812. The molecule has 0 aliphatic heterocycles. The van der Waals surface area contributed by atoms with Crippen LogP contribution < -0.4 is 0 Å². The van der Waals surface area contributed by atoms with Crippen molar-refractivity contribution in [1.29, 1.82) is 0 Å². The van der Waals surface area contributed by atoms with E-state index in [0.29, 0.717) is 5.92 Å². The Balaban J connectivity index is 3.86.